The molecule has 0 amide bonds. The van der Waals surface area contributed by atoms with E-state index in [2.05, 4.69) is 6.92 Å². The van der Waals surface area contributed by atoms with Crippen LogP contribution in [0.2, 0.25) is 0 Å². The molecule has 0 bridgehead atoms. The molecule has 2 rings (SSSR count). The molecule has 4 heteroatoms. The SMILES string of the molecule is Cc1ccc(OC2CCN(C(C)C(=O)O)CC2)cc1. The van der Waals surface area contributed by atoms with E-state index in [9.17, 15) is 4.79 Å². The average Bonchev–Trinajstić information content (AvgIpc) is 2.41. The number of aryl methyl sites for hydroxylation is 1. The van der Waals surface area contributed by atoms with Crippen LogP contribution in [-0.4, -0.2) is 41.2 Å². The number of ether oxygens (including phenoxy) is 1. The topological polar surface area (TPSA) is 49.8 Å². The number of hydrogen-bond donors (Lipinski definition) is 1. The lowest BCUT2D eigenvalue weighted by molar-refractivity contribution is -0.143. The Morgan fingerprint density at radius 1 is 1.32 bits per heavy atom. The normalized spacial score (nSPS) is 19.1. The van der Waals surface area contributed by atoms with Crippen LogP contribution in [0, 0.1) is 6.92 Å². The molecule has 0 aliphatic carbocycles. The lowest BCUT2D eigenvalue weighted by Crippen LogP contribution is -2.46. The molecular weight excluding hydrogens is 242 g/mol. The molecule has 0 spiro atoms. The Hall–Kier alpha value is -1.55. The molecule has 1 N–H and O–H groups in total. The molecule has 1 aromatic carbocycles. The predicted octanol–water partition coefficient (Wildman–Crippen LogP) is 2.31. The van der Waals surface area contributed by atoms with Crippen LogP contribution < -0.4 is 4.74 Å². The third kappa shape index (κ3) is 3.70. The number of rotatable bonds is 4. The van der Waals surface area contributed by atoms with Gasteiger partial charge in [0.15, 0.2) is 0 Å². The van der Waals surface area contributed by atoms with Crippen molar-refractivity contribution in [1.29, 1.82) is 0 Å². The van der Waals surface area contributed by atoms with Crippen LogP contribution in [-0.2, 0) is 4.79 Å². The summed E-state index contributed by atoms with van der Waals surface area (Å²) in [6.07, 6.45) is 1.96. The third-order valence-electron chi connectivity index (χ3n) is 3.71. The van der Waals surface area contributed by atoms with Gasteiger partial charge in [-0.15, -0.1) is 0 Å². The van der Waals surface area contributed by atoms with Gasteiger partial charge in [-0.05, 0) is 38.8 Å². The van der Waals surface area contributed by atoms with E-state index in [1.165, 1.54) is 5.56 Å². The smallest absolute Gasteiger partial charge is 0.320 e. The van der Waals surface area contributed by atoms with Crippen LogP contribution in [0.25, 0.3) is 0 Å². The van der Waals surface area contributed by atoms with Crippen LogP contribution in [0.15, 0.2) is 24.3 Å². The Bertz CT molecular complexity index is 422. The van der Waals surface area contributed by atoms with Crippen molar-refractivity contribution < 1.29 is 14.6 Å². The van der Waals surface area contributed by atoms with Gasteiger partial charge in [0.2, 0.25) is 0 Å². The fourth-order valence-corrected chi connectivity index (χ4v) is 2.35. The molecule has 1 atom stereocenters. The van der Waals surface area contributed by atoms with Crippen LogP contribution in [0.1, 0.15) is 25.3 Å². The summed E-state index contributed by atoms with van der Waals surface area (Å²) in [6, 6.07) is 7.65. The fraction of sp³-hybridized carbons (Fsp3) is 0.533. The zero-order chi connectivity index (χ0) is 13.8. The number of carboxylic acid groups (broad SMARTS) is 1. The standard InChI is InChI=1S/C15H21NO3/c1-11-3-5-13(6-4-11)19-14-7-9-16(10-8-14)12(2)15(17)18/h3-6,12,14H,7-10H2,1-2H3,(H,17,18). The molecule has 1 aromatic rings. The van der Waals surface area contributed by atoms with E-state index in [-0.39, 0.29) is 6.10 Å². The minimum absolute atomic E-state index is 0.194. The van der Waals surface area contributed by atoms with Crippen LogP contribution >= 0.6 is 0 Å². The highest BCUT2D eigenvalue weighted by molar-refractivity contribution is 5.72. The molecule has 1 aliphatic rings. The summed E-state index contributed by atoms with van der Waals surface area (Å²) in [4.78, 5) is 12.9. The maximum atomic E-state index is 10.9. The van der Waals surface area contributed by atoms with E-state index >= 15 is 0 Å². The molecule has 0 saturated carbocycles. The lowest BCUT2D eigenvalue weighted by Gasteiger charge is -2.34. The second-order valence-corrected chi connectivity index (χ2v) is 5.18. The molecule has 1 saturated heterocycles. The minimum atomic E-state index is -0.752. The van der Waals surface area contributed by atoms with Crippen molar-refractivity contribution in [2.24, 2.45) is 0 Å². The Morgan fingerprint density at radius 3 is 2.42 bits per heavy atom. The summed E-state index contributed by atoms with van der Waals surface area (Å²) in [7, 11) is 0. The van der Waals surface area contributed by atoms with Gasteiger partial charge >= 0.3 is 5.97 Å². The van der Waals surface area contributed by atoms with Gasteiger partial charge < -0.3 is 9.84 Å². The highest BCUT2D eigenvalue weighted by Crippen LogP contribution is 2.20. The first kappa shape index (κ1) is 13.9. The quantitative estimate of drug-likeness (QED) is 0.905. The molecule has 104 valence electrons. The Morgan fingerprint density at radius 2 is 1.89 bits per heavy atom. The van der Waals surface area contributed by atoms with Gasteiger partial charge in [0.25, 0.3) is 0 Å². The van der Waals surface area contributed by atoms with E-state index in [1.807, 2.05) is 29.2 Å². The van der Waals surface area contributed by atoms with Crippen LogP contribution in [0.4, 0.5) is 0 Å². The number of hydrogen-bond acceptors (Lipinski definition) is 3. The summed E-state index contributed by atoms with van der Waals surface area (Å²) in [6.45, 7) is 5.35. The van der Waals surface area contributed by atoms with E-state index < -0.39 is 12.0 Å². The van der Waals surface area contributed by atoms with Gasteiger partial charge in [-0.2, -0.15) is 0 Å². The van der Waals surface area contributed by atoms with Crippen LogP contribution in [0.3, 0.4) is 0 Å². The van der Waals surface area contributed by atoms with Gasteiger partial charge in [-0.1, -0.05) is 17.7 Å². The van der Waals surface area contributed by atoms with Crippen molar-refractivity contribution in [3.8, 4) is 5.75 Å². The molecular formula is C15H21NO3. The van der Waals surface area contributed by atoms with E-state index in [0.29, 0.717) is 0 Å². The van der Waals surface area contributed by atoms with Gasteiger partial charge in [0, 0.05) is 13.1 Å². The van der Waals surface area contributed by atoms with Crippen molar-refractivity contribution >= 4 is 5.97 Å². The number of benzene rings is 1. The Kier molecular flexibility index (Phi) is 4.43. The molecule has 0 aromatic heterocycles. The number of piperidine rings is 1. The highest BCUT2D eigenvalue weighted by Gasteiger charge is 2.26. The summed E-state index contributed by atoms with van der Waals surface area (Å²) in [5.74, 6) is 0.147. The average molecular weight is 263 g/mol. The van der Waals surface area contributed by atoms with Crippen molar-refractivity contribution in [2.45, 2.75) is 38.8 Å². The first-order valence-corrected chi connectivity index (χ1v) is 6.76. The van der Waals surface area contributed by atoms with E-state index in [0.717, 1.165) is 31.7 Å². The van der Waals surface area contributed by atoms with Crippen molar-refractivity contribution in [3.63, 3.8) is 0 Å². The monoisotopic (exact) mass is 263 g/mol. The Balaban J connectivity index is 1.83. The number of carboxylic acids is 1. The lowest BCUT2D eigenvalue weighted by atomic mass is 10.1. The summed E-state index contributed by atoms with van der Waals surface area (Å²) < 4.78 is 5.92. The molecule has 1 fully saturated rings. The minimum Gasteiger partial charge on any atom is -0.490 e. The first-order chi connectivity index (χ1) is 9.06. The number of carbonyl (C=O) groups is 1. The van der Waals surface area contributed by atoms with Gasteiger partial charge in [-0.3, -0.25) is 9.69 Å². The second kappa shape index (κ2) is 6.06. The largest absolute Gasteiger partial charge is 0.490 e. The maximum Gasteiger partial charge on any atom is 0.320 e. The molecule has 19 heavy (non-hydrogen) atoms. The molecule has 1 unspecified atom stereocenters. The summed E-state index contributed by atoms with van der Waals surface area (Å²) in [5, 5.41) is 8.99. The van der Waals surface area contributed by atoms with Crippen molar-refractivity contribution in [2.75, 3.05) is 13.1 Å². The van der Waals surface area contributed by atoms with Crippen LogP contribution in [0.5, 0.6) is 5.75 Å². The molecule has 0 radical (unpaired) electrons. The number of nitrogens with zero attached hydrogens (tertiary/aromatic N) is 1. The number of aliphatic carboxylic acids is 1. The van der Waals surface area contributed by atoms with Crippen molar-refractivity contribution in [3.05, 3.63) is 29.8 Å². The van der Waals surface area contributed by atoms with E-state index in [4.69, 9.17) is 9.84 Å². The highest BCUT2D eigenvalue weighted by atomic mass is 16.5. The zero-order valence-electron chi connectivity index (χ0n) is 11.5. The molecule has 1 aliphatic heterocycles. The molecule has 4 nitrogen and oxygen atoms in total. The maximum absolute atomic E-state index is 10.9. The Labute approximate surface area is 114 Å². The van der Waals surface area contributed by atoms with Gasteiger partial charge in [0.1, 0.15) is 17.9 Å². The fourth-order valence-electron chi connectivity index (χ4n) is 2.35. The molecule has 1 heterocycles. The predicted molar refractivity (Wildman–Crippen MR) is 73.5 cm³/mol. The number of likely N-dealkylation sites (tertiary alicyclic amines) is 1. The summed E-state index contributed by atoms with van der Waals surface area (Å²) >= 11 is 0. The van der Waals surface area contributed by atoms with Gasteiger partial charge in [-0.25, -0.2) is 0 Å². The van der Waals surface area contributed by atoms with E-state index in [1.54, 1.807) is 6.92 Å². The second-order valence-electron chi connectivity index (χ2n) is 5.18. The third-order valence-corrected chi connectivity index (χ3v) is 3.71. The summed E-state index contributed by atoms with van der Waals surface area (Å²) in [5.41, 5.74) is 1.22. The van der Waals surface area contributed by atoms with Crippen molar-refractivity contribution in [1.82, 2.24) is 4.90 Å². The van der Waals surface area contributed by atoms with Gasteiger partial charge in [0.05, 0.1) is 0 Å². The zero-order valence-corrected chi connectivity index (χ0v) is 11.5. The first-order valence-electron chi connectivity index (χ1n) is 6.76.